The van der Waals surface area contributed by atoms with Crippen LogP contribution in [0.2, 0.25) is 0 Å². The van der Waals surface area contributed by atoms with Gasteiger partial charge < -0.3 is 0 Å². The lowest BCUT2D eigenvalue weighted by Gasteiger charge is -2.16. The second-order valence-electron chi connectivity index (χ2n) is 5.26. The van der Waals surface area contributed by atoms with Crippen molar-refractivity contribution in [2.75, 3.05) is 0 Å². The molecule has 0 aliphatic rings. The second-order valence-corrected chi connectivity index (χ2v) is 7.26. The zero-order valence-electron chi connectivity index (χ0n) is 13.2. The maximum atomic E-state index is 12.6. The van der Waals surface area contributed by atoms with Gasteiger partial charge in [0.25, 0.3) is 5.91 Å². The Labute approximate surface area is 141 Å². The van der Waals surface area contributed by atoms with Crippen LogP contribution >= 0.6 is 0 Å². The van der Waals surface area contributed by atoms with E-state index in [0.717, 1.165) is 10.9 Å². The number of hydrogen-bond donors (Lipinski definition) is 1. The number of nitrogens with one attached hydrogen (secondary N) is 1. The van der Waals surface area contributed by atoms with Crippen LogP contribution in [0.5, 0.6) is 0 Å². The first kappa shape index (κ1) is 18.9. The molecule has 2 atom stereocenters. The zero-order chi connectivity index (χ0) is 18.8. The molecule has 0 saturated heterocycles. The van der Waals surface area contributed by atoms with Crippen LogP contribution in [0.1, 0.15) is 36.5 Å². The Morgan fingerprint density at radius 2 is 1.92 bits per heavy atom. The van der Waals surface area contributed by atoms with E-state index in [9.17, 15) is 26.4 Å². The smallest absolute Gasteiger partial charge is 0.272 e. The topological polar surface area (TPSA) is 94.0 Å². The van der Waals surface area contributed by atoms with Crippen LogP contribution in [-0.2, 0) is 21.0 Å². The van der Waals surface area contributed by atoms with Gasteiger partial charge in [-0.25, -0.2) is 8.42 Å². The number of carbonyl (C=O) groups is 1. The normalized spacial score (nSPS) is 14.8. The summed E-state index contributed by atoms with van der Waals surface area (Å²) >= 11 is 0. The number of carbonyl (C=O) groups excluding carboxylic acids is 1. The minimum absolute atomic E-state index is 0.230. The molecule has 1 amide bonds. The van der Waals surface area contributed by atoms with Gasteiger partial charge in [-0.1, -0.05) is 6.07 Å². The average molecular weight is 376 g/mol. The number of alkyl halides is 3. The Morgan fingerprint density at radius 3 is 2.44 bits per heavy atom. The Hall–Kier alpha value is -2.43. The summed E-state index contributed by atoms with van der Waals surface area (Å²) in [5.41, 5.74) is -0.939. The Morgan fingerprint density at radius 1 is 1.24 bits per heavy atom. The number of halogens is 3. The van der Waals surface area contributed by atoms with Crippen LogP contribution in [0, 0.1) is 0 Å². The van der Waals surface area contributed by atoms with E-state index in [1.54, 1.807) is 12.1 Å². The maximum absolute atomic E-state index is 12.6. The SMILES string of the molecule is CC(C(=O)NS(=O)(=O)C(C)c1ccccn1)n1ccc(C(F)(F)F)n1. The molecule has 1 N–H and O–H groups in total. The number of pyridine rings is 1. The van der Waals surface area contributed by atoms with Gasteiger partial charge in [0.1, 0.15) is 11.3 Å². The van der Waals surface area contributed by atoms with Gasteiger partial charge in [-0.05, 0) is 32.0 Å². The number of nitrogens with zero attached hydrogens (tertiary/aromatic N) is 3. The van der Waals surface area contributed by atoms with Crippen LogP contribution in [0.4, 0.5) is 13.2 Å². The highest BCUT2D eigenvalue weighted by Gasteiger charge is 2.35. The van der Waals surface area contributed by atoms with E-state index in [-0.39, 0.29) is 5.69 Å². The summed E-state index contributed by atoms with van der Waals surface area (Å²) in [4.78, 5) is 16.0. The van der Waals surface area contributed by atoms with Gasteiger partial charge in [0.05, 0.1) is 5.69 Å². The zero-order valence-corrected chi connectivity index (χ0v) is 14.0. The van der Waals surface area contributed by atoms with Crippen molar-refractivity contribution in [1.82, 2.24) is 19.5 Å². The van der Waals surface area contributed by atoms with Gasteiger partial charge in [-0.3, -0.25) is 19.2 Å². The molecule has 0 spiro atoms. The number of aromatic nitrogens is 3. The molecule has 0 aliphatic heterocycles. The average Bonchev–Trinajstić information content (AvgIpc) is 3.04. The first-order valence-corrected chi connectivity index (χ1v) is 8.66. The lowest BCUT2D eigenvalue weighted by Crippen LogP contribution is -2.38. The van der Waals surface area contributed by atoms with E-state index < -0.39 is 39.1 Å². The summed E-state index contributed by atoms with van der Waals surface area (Å²) in [6, 6.07) is 4.15. The molecule has 0 aromatic carbocycles. The number of hydrogen-bond acceptors (Lipinski definition) is 5. The predicted molar refractivity (Wildman–Crippen MR) is 81.7 cm³/mol. The van der Waals surface area contributed by atoms with E-state index in [1.165, 1.54) is 26.1 Å². The summed E-state index contributed by atoms with van der Waals surface area (Å²) in [6.07, 6.45) is -2.28. The van der Waals surface area contributed by atoms with Crippen LogP contribution in [0.3, 0.4) is 0 Å². The van der Waals surface area contributed by atoms with Gasteiger partial charge >= 0.3 is 6.18 Å². The van der Waals surface area contributed by atoms with Gasteiger partial charge in [-0.2, -0.15) is 18.3 Å². The molecular weight excluding hydrogens is 361 g/mol. The van der Waals surface area contributed by atoms with E-state index in [2.05, 4.69) is 10.1 Å². The molecule has 0 fully saturated rings. The standard InChI is InChI=1S/C14H15F3N4O3S/c1-9(21-8-6-12(19-21)14(15,16)17)13(22)20-25(23,24)10(2)11-5-3-4-7-18-11/h3-10H,1-2H3,(H,20,22). The molecule has 2 rings (SSSR count). The van der Waals surface area contributed by atoms with Crippen LogP contribution in [0.25, 0.3) is 0 Å². The highest BCUT2D eigenvalue weighted by atomic mass is 32.2. The predicted octanol–water partition coefficient (Wildman–Crippen LogP) is 2.07. The van der Waals surface area contributed by atoms with E-state index in [1.807, 2.05) is 4.72 Å². The summed E-state index contributed by atoms with van der Waals surface area (Å²) in [7, 11) is -4.11. The fourth-order valence-corrected chi connectivity index (χ4v) is 3.00. The monoisotopic (exact) mass is 376 g/mol. The molecule has 0 radical (unpaired) electrons. The molecule has 2 unspecified atom stereocenters. The molecule has 0 saturated carbocycles. The molecular formula is C14H15F3N4O3S. The van der Waals surface area contributed by atoms with Gasteiger partial charge in [-0.15, -0.1) is 0 Å². The van der Waals surface area contributed by atoms with Crippen molar-refractivity contribution in [1.29, 1.82) is 0 Å². The molecule has 0 aliphatic carbocycles. The van der Waals surface area contributed by atoms with Crippen LogP contribution < -0.4 is 4.72 Å². The third kappa shape index (κ3) is 4.35. The Bertz CT molecular complexity index is 850. The van der Waals surface area contributed by atoms with Crippen molar-refractivity contribution in [2.45, 2.75) is 31.3 Å². The summed E-state index contributed by atoms with van der Waals surface area (Å²) in [6.45, 7) is 2.59. The van der Waals surface area contributed by atoms with Crippen molar-refractivity contribution in [3.63, 3.8) is 0 Å². The van der Waals surface area contributed by atoms with E-state index in [0.29, 0.717) is 6.07 Å². The molecule has 136 valence electrons. The Kier molecular flexibility index (Phi) is 5.16. The van der Waals surface area contributed by atoms with E-state index in [4.69, 9.17) is 0 Å². The molecule has 0 bridgehead atoms. The highest BCUT2D eigenvalue weighted by Crippen LogP contribution is 2.28. The van der Waals surface area contributed by atoms with E-state index >= 15 is 0 Å². The molecule has 11 heteroatoms. The number of rotatable bonds is 5. The molecule has 2 aromatic rings. The maximum Gasteiger partial charge on any atom is 0.435 e. The number of sulfonamides is 1. The van der Waals surface area contributed by atoms with Crippen LogP contribution in [0.15, 0.2) is 36.7 Å². The quantitative estimate of drug-likeness (QED) is 0.862. The third-order valence-electron chi connectivity index (χ3n) is 3.49. The molecule has 2 heterocycles. The van der Waals surface area contributed by atoms with Crippen molar-refractivity contribution in [2.24, 2.45) is 0 Å². The van der Waals surface area contributed by atoms with Crippen LogP contribution in [-0.4, -0.2) is 29.1 Å². The Balaban J connectivity index is 2.14. The third-order valence-corrected chi connectivity index (χ3v) is 5.15. The fraction of sp³-hybridized carbons (Fsp3) is 0.357. The first-order valence-electron chi connectivity index (χ1n) is 7.11. The van der Waals surface area contributed by atoms with Crippen molar-refractivity contribution in [3.05, 3.63) is 48.0 Å². The minimum Gasteiger partial charge on any atom is -0.272 e. The second kappa shape index (κ2) is 6.82. The summed E-state index contributed by atoms with van der Waals surface area (Å²) < 4.78 is 64.8. The highest BCUT2D eigenvalue weighted by molar-refractivity contribution is 7.90. The first-order chi connectivity index (χ1) is 11.5. The van der Waals surface area contributed by atoms with Gasteiger partial charge in [0, 0.05) is 12.4 Å². The van der Waals surface area contributed by atoms with Crippen molar-refractivity contribution >= 4 is 15.9 Å². The summed E-state index contributed by atoms with van der Waals surface area (Å²) in [5.74, 6) is -1.00. The van der Waals surface area contributed by atoms with Crippen molar-refractivity contribution < 1.29 is 26.4 Å². The van der Waals surface area contributed by atoms with Crippen molar-refractivity contribution in [3.8, 4) is 0 Å². The molecule has 7 nitrogen and oxygen atoms in total. The molecule has 2 aromatic heterocycles. The number of amides is 1. The van der Waals surface area contributed by atoms with Gasteiger partial charge in [0.2, 0.25) is 10.0 Å². The lowest BCUT2D eigenvalue weighted by atomic mass is 10.3. The fourth-order valence-electron chi connectivity index (χ4n) is 1.91. The lowest BCUT2D eigenvalue weighted by molar-refractivity contribution is -0.142. The molecule has 25 heavy (non-hydrogen) atoms. The minimum atomic E-state index is -4.65. The van der Waals surface area contributed by atoms with Gasteiger partial charge in [0.15, 0.2) is 5.69 Å². The summed E-state index contributed by atoms with van der Waals surface area (Å²) in [5, 5.41) is 2.14. The largest absolute Gasteiger partial charge is 0.435 e.